The fourth-order valence-electron chi connectivity index (χ4n) is 0.634. The number of nitrogens with zero attached hydrogens (tertiary/aromatic N) is 1. The predicted octanol–water partition coefficient (Wildman–Crippen LogP) is 2.47. The Hall–Kier alpha value is -0.430. The van der Waals surface area contributed by atoms with E-state index in [0.717, 1.165) is 6.07 Å². The van der Waals surface area contributed by atoms with E-state index in [1.807, 2.05) is 0 Å². The standard InChI is InChI=1S/C6H3BrF3NOS/c7-5-4(2-1-3-11-5)13(12)6(8,9)10/h1-3H/t13-/m1/s1. The minimum atomic E-state index is -4.74. The van der Waals surface area contributed by atoms with Gasteiger partial charge in [0.2, 0.25) is 0 Å². The summed E-state index contributed by atoms with van der Waals surface area (Å²) in [5.41, 5.74) is -4.74. The smallest absolute Gasteiger partial charge is 0.248 e. The van der Waals surface area contributed by atoms with E-state index in [1.54, 1.807) is 0 Å². The van der Waals surface area contributed by atoms with Crippen molar-refractivity contribution in [3.8, 4) is 0 Å². The Morgan fingerprint density at radius 1 is 1.46 bits per heavy atom. The molecule has 0 N–H and O–H groups in total. The predicted molar refractivity (Wildman–Crippen MR) is 44.4 cm³/mol. The summed E-state index contributed by atoms with van der Waals surface area (Å²) in [7, 11) is -3.02. The van der Waals surface area contributed by atoms with Gasteiger partial charge >= 0.3 is 5.51 Å². The second-order valence-electron chi connectivity index (χ2n) is 2.01. The van der Waals surface area contributed by atoms with Gasteiger partial charge in [0, 0.05) is 6.20 Å². The van der Waals surface area contributed by atoms with Crippen LogP contribution in [0.1, 0.15) is 0 Å². The highest BCUT2D eigenvalue weighted by Crippen LogP contribution is 2.29. The van der Waals surface area contributed by atoms with Gasteiger partial charge in [-0.15, -0.1) is 0 Å². The Kier molecular flexibility index (Phi) is 3.07. The lowest BCUT2D eigenvalue weighted by Crippen LogP contribution is -2.16. The molecule has 7 heteroatoms. The molecule has 0 fully saturated rings. The Morgan fingerprint density at radius 3 is 2.54 bits per heavy atom. The second-order valence-corrected chi connectivity index (χ2v) is 4.20. The van der Waals surface area contributed by atoms with E-state index in [1.165, 1.54) is 12.3 Å². The molecule has 0 spiro atoms. The molecule has 1 aromatic rings. The van der Waals surface area contributed by atoms with Crippen LogP contribution in [0.3, 0.4) is 0 Å². The molecule has 0 bridgehead atoms. The van der Waals surface area contributed by atoms with Gasteiger partial charge in [-0.2, -0.15) is 13.2 Å². The molecule has 0 aliphatic carbocycles. The summed E-state index contributed by atoms with van der Waals surface area (Å²) in [6, 6.07) is 2.41. The lowest BCUT2D eigenvalue weighted by molar-refractivity contribution is -0.0385. The van der Waals surface area contributed by atoms with Crippen molar-refractivity contribution in [2.24, 2.45) is 0 Å². The molecule has 1 atom stereocenters. The van der Waals surface area contributed by atoms with E-state index in [0.29, 0.717) is 0 Å². The van der Waals surface area contributed by atoms with Gasteiger partial charge in [-0.05, 0) is 28.1 Å². The van der Waals surface area contributed by atoms with Crippen molar-refractivity contribution in [2.45, 2.75) is 10.4 Å². The Balaban J connectivity index is 3.10. The average molecular weight is 274 g/mol. The van der Waals surface area contributed by atoms with Gasteiger partial charge < -0.3 is 0 Å². The fourth-order valence-corrected chi connectivity index (χ4v) is 1.98. The maximum atomic E-state index is 12.0. The minimum absolute atomic E-state index is 0.0503. The molecule has 72 valence electrons. The van der Waals surface area contributed by atoms with Crippen LogP contribution in [0.2, 0.25) is 0 Å². The quantitative estimate of drug-likeness (QED) is 0.736. The average Bonchev–Trinajstić information content (AvgIpc) is 2.02. The van der Waals surface area contributed by atoms with Crippen LogP contribution in [0.15, 0.2) is 27.8 Å². The summed E-state index contributed by atoms with van der Waals surface area (Å²) in [5.74, 6) is 0. The van der Waals surface area contributed by atoms with Gasteiger partial charge in [-0.3, -0.25) is 0 Å². The minimum Gasteiger partial charge on any atom is -0.248 e. The van der Waals surface area contributed by atoms with Crippen molar-refractivity contribution in [3.63, 3.8) is 0 Å². The third-order valence-corrected chi connectivity index (χ3v) is 3.18. The number of alkyl halides is 3. The molecule has 0 aromatic carbocycles. The highest BCUT2D eigenvalue weighted by molar-refractivity contribution is 9.10. The number of aromatic nitrogens is 1. The van der Waals surface area contributed by atoms with Crippen LogP contribution in [-0.2, 0) is 10.8 Å². The first-order valence-electron chi connectivity index (χ1n) is 3.02. The molecular formula is C6H3BrF3NOS. The highest BCUT2D eigenvalue weighted by Gasteiger charge is 2.39. The lowest BCUT2D eigenvalue weighted by Gasteiger charge is -2.06. The summed E-state index contributed by atoms with van der Waals surface area (Å²) in [6.07, 6.45) is 1.31. The molecule has 0 aliphatic rings. The third-order valence-electron chi connectivity index (χ3n) is 1.13. The largest absolute Gasteiger partial charge is 0.475 e. The Morgan fingerprint density at radius 2 is 2.08 bits per heavy atom. The maximum Gasteiger partial charge on any atom is 0.475 e. The number of pyridine rings is 1. The topological polar surface area (TPSA) is 30.0 Å². The van der Waals surface area contributed by atoms with Crippen LogP contribution < -0.4 is 0 Å². The Bertz CT molecular complexity index is 341. The number of hydrogen-bond acceptors (Lipinski definition) is 2. The van der Waals surface area contributed by atoms with Crippen molar-refractivity contribution in [3.05, 3.63) is 22.9 Å². The summed E-state index contributed by atoms with van der Waals surface area (Å²) in [5, 5.41) is 0. The highest BCUT2D eigenvalue weighted by atomic mass is 79.9. The normalized spacial score (nSPS) is 14.2. The van der Waals surface area contributed by atoms with Crippen molar-refractivity contribution in [2.75, 3.05) is 0 Å². The molecule has 2 nitrogen and oxygen atoms in total. The fraction of sp³-hybridized carbons (Fsp3) is 0.167. The molecule has 0 saturated heterocycles. The van der Waals surface area contributed by atoms with Crippen molar-refractivity contribution in [1.29, 1.82) is 0 Å². The van der Waals surface area contributed by atoms with Crippen molar-refractivity contribution in [1.82, 2.24) is 4.98 Å². The van der Waals surface area contributed by atoms with E-state index in [-0.39, 0.29) is 9.50 Å². The van der Waals surface area contributed by atoms with Crippen molar-refractivity contribution < 1.29 is 17.4 Å². The molecule has 0 radical (unpaired) electrons. The van der Waals surface area contributed by atoms with E-state index in [2.05, 4.69) is 20.9 Å². The summed E-state index contributed by atoms with van der Waals surface area (Å²) >= 11 is 2.79. The first-order chi connectivity index (χ1) is 5.93. The van der Waals surface area contributed by atoms with Crippen molar-refractivity contribution >= 4 is 26.7 Å². The maximum absolute atomic E-state index is 12.0. The van der Waals surface area contributed by atoms with E-state index >= 15 is 0 Å². The molecule has 0 aliphatic heterocycles. The van der Waals surface area contributed by atoms with Gasteiger partial charge in [-0.25, -0.2) is 9.19 Å². The van der Waals surface area contributed by atoms with Crippen LogP contribution in [0, 0.1) is 0 Å². The van der Waals surface area contributed by atoms with E-state index in [4.69, 9.17) is 0 Å². The molecule has 1 heterocycles. The summed E-state index contributed by atoms with van der Waals surface area (Å²) < 4.78 is 46.7. The van der Waals surface area contributed by atoms with E-state index < -0.39 is 16.3 Å². The lowest BCUT2D eigenvalue weighted by atomic mass is 10.5. The zero-order valence-corrected chi connectivity index (χ0v) is 8.41. The zero-order chi connectivity index (χ0) is 10.1. The SMILES string of the molecule is O=[S@](c1cccnc1Br)C(F)(F)F. The molecule has 13 heavy (non-hydrogen) atoms. The molecule has 0 unspecified atom stereocenters. The third kappa shape index (κ3) is 2.50. The van der Waals surface area contributed by atoms with Gasteiger partial charge in [0.05, 0.1) is 4.90 Å². The zero-order valence-electron chi connectivity index (χ0n) is 6.01. The molecule has 0 saturated carbocycles. The first-order valence-corrected chi connectivity index (χ1v) is 4.96. The van der Waals surface area contributed by atoms with Gasteiger partial charge in [-0.1, -0.05) is 0 Å². The van der Waals surface area contributed by atoms with Gasteiger partial charge in [0.25, 0.3) is 0 Å². The summed E-state index contributed by atoms with van der Waals surface area (Å²) in [4.78, 5) is 3.17. The summed E-state index contributed by atoms with van der Waals surface area (Å²) in [6.45, 7) is 0. The number of rotatable bonds is 1. The second kappa shape index (κ2) is 3.75. The monoisotopic (exact) mass is 273 g/mol. The molecule has 0 amide bonds. The van der Waals surface area contributed by atoms with Crippen LogP contribution in [0.4, 0.5) is 13.2 Å². The first kappa shape index (κ1) is 10.6. The molecular weight excluding hydrogens is 271 g/mol. The number of halogens is 4. The van der Waals surface area contributed by atoms with Crippen LogP contribution in [0.25, 0.3) is 0 Å². The Labute approximate surface area is 82.8 Å². The van der Waals surface area contributed by atoms with Gasteiger partial charge in [0.15, 0.2) is 10.8 Å². The van der Waals surface area contributed by atoms with Gasteiger partial charge in [0.1, 0.15) is 4.60 Å². The van der Waals surface area contributed by atoms with Crippen LogP contribution in [-0.4, -0.2) is 14.7 Å². The van der Waals surface area contributed by atoms with E-state index in [9.17, 15) is 17.4 Å². The number of hydrogen-bond donors (Lipinski definition) is 0. The van der Waals surface area contributed by atoms with Crippen LogP contribution in [0.5, 0.6) is 0 Å². The molecule has 1 rings (SSSR count). The van der Waals surface area contributed by atoms with Crippen LogP contribution >= 0.6 is 15.9 Å². The molecule has 1 aromatic heterocycles.